The minimum absolute atomic E-state index is 0.00608. The van der Waals surface area contributed by atoms with Crippen LogP contribution in [0.15, 0.2) is 36.4 Å². The maximum absolute atomic E-state index is 12.0. The van der Waals surface area contributed by atoms with Crippen LogP contribution in [0.5, 0.6) is 5.75 Å². The molecule has 0 saturated heterocycles. The summed E-state index contributed by atoms with van der Waals surface area (Å²) in [7, 11) is 0. The summed E-state index contributed by atoms with van der Waals surface area (Å²) in [6.45, 7) is 5.22. The molecule has 0 unspecified atom stereocenters. The Bertz CT molecular complexity index is 563. The lowest BCUT2D eigenvalue weighted by Gasteiger charge is -2.07. The van der Waals surface area contributed by atoms with Crippen LogP contribution in [0.1, 0.15) is 26.5 Å². The lowest BCUT2D eigenvalue weighted by atomic mass is 10.2. The van der Waals surface area contributed by atoms with Gasteiger partial charge in [0, 0.05) is 16.3 Å². The van der Waals surface area contributed by atoms with E-state index in [4.69, 9.17) is 4.74 Å². The predicted octanol–water partition coefficient (Wildman–Crippen LogP) is 3.56. The Morgan fingerprint density at radius 3 is 2.65 bits per heavy atom. The first-order valence-electron chi connectivity index (χ1n) is 6.70. The molecule has 2 aromatic rings. The zero-order chi connectivity index (χ0) is 14.4. The summed E-state index contributed by atoms with van der Waals surface area (Å²) in [5, 5.41) is 2.93. The number of rotatable bonds is 6. The summed E-state index contributed by atoms with van der Waals surface area (Å²) in [5.74, 6) is 0.870. The second-order valence-corrected chi connectivity index (χ2v) is 6.06. The number of carbonyl (C=O) groups excluding carboxylic acids is 1. The molecule has 0 saturated carbocycles. The average molecular weight is 289 g/mol. The quantitative estimate of drug-likeness (QED) is 0.826. The third-order valence-corrected chi connectivity index (χ3v) is 3.87. The van der Waals surface area contributed by atoms with Crippen LogP contribution in [0.25, 0.3) is 0 Å². The molecular formula is C16H19NO2S. The molecule has 0 fully saturated rings. The first-order valence-corrected chi connectivity index (χ1v) is 7.51. The Labute approximate surface area is 123 Å². The maximum Gasteiger partial charge on any atom is 0.252 e. The van der Waals surface area contributed by atoms with E-state index in [2.05, 4.69) is 5.32 Å². The van der Waals surface area contributed by atoms with Gasteiger partial charge in [0.25, 0.3) is 5.91 Å². The Balaban J connectivity index is 1.68. The Hall–Kier alpha value is -1.81. The Kier molecular flexibility index (Phi) is 5.18. The number of hydrogen-bond acceptors (Lipinski definition) is 3. The van der Waals surface area contributed by atoms with E-state index in [9.17, 15) is 4.79 Å². The van der Waals surface area contributed by atoms with E-state index in [0.717, 1.165) is 22.6 Å². The molecule has 106 valence electrons. The van der Waals surface area contributed by atoms with E-state index in [1.54, 1.807) is 11.3 Å². The molecule has 0 spiro atoms. The molecule has 1 N–H and O–H groups in total. The molecule has 0 aliphatic rings. The monoisotopic (exact) mass is 289 g/mol. The Morgan fingerprint density at radius 1 is 1.25 bits per heavy atom. The average Bonchev–Trinajstić information content (AvgIpc) is 2.78. The van der Waals surface area contributed by atoms with E-state index >= 15 is 0 Å². The summed E-state index contributed by atoms with van der Waals surface area (Å²) in [5.41, 5.74) is 0.788. The Morgan fingerprint density at radius 2 is 2.00 bits per heavy atom. The number of amides is 1. The molecular weight excluding hydrogens is 270 g/mol. The largest absolute Gasteiger partial charge is 0.494 e. The van der Waals surface area contributed by atoms with Crippen molar-refractivity contribution in [2.45, 2.75) is 20.3 Å². The van der Waals surface area contributed by atoms with Crippen molar-refractivity contribution in [3.8, 4) is 5.75 Å². The number of carbonyl (C=O) groups is 1. The third kappa shape index (κ3) is 4.10. The summed E-state index contributed by atoms with van der Waals surface area (Å²) < 4.78 is 5.57. The SMILES string of the molecule is Cc1cc(C(=O)NCCCOc2ccccc2)c(C)s1. The standard InChI is InChI=1S/C16H19NO2S/c1-12-11-15(13(2)20-12)16(18)17-9-6-10-19-14-7-4-3-5-8-14/h3-5,7-8,11H,6,9-10H2,1-2H3,(H,17,18). The van der Waals surface area contributed by atoms with E-state index < -0.39 is 0 Å². The van der Waals surface area contributed by atoms with Crippen LogP contribution in [-0.4, -0.2) is 19.1 Å². The highest BCUT2D eigenvalue weighted by molar-refractivity contribution is 7.12. The normalized spacial score (nSPS) is 10.3. The molecule has 4 heteroatoms. The van der Waals surface area contributed by atoms with Crippen LogP contribution in [0.2, 0.25) is 0 Å². The fourth-order valence-corrected chi connectivity index (χ4v) is 2.85. The van der Waals surface area contributed by atoms with Gasteiger partial charge in [0.1, 0.15) is 5.75 Å². The molecule has 3 nitrogen and oxygen atoms in total. The molecule has 0 aliphatic carbocycles. The van der Waals surface area contributed by atoms with Crippen molar-refractivity contribution < 1.29 is 9.53 Å². The molecule has 1 aromatic carbocycles. The lowest BCUT2D eigenvalue weighted by molar-refractivity contribution is 0.0951. The molecule has 0 aliphatic heterocycles. The van der Waals surface area contributed by atoms with Gasteiger partial charge in [-0.2, -0.15) is 0 Å². The minimum atomic E-state index is 0.00608. The highest BCUT2D eigenvalue weighted by atomic mass is 32.1. The zero-order valence-corrected chi connectivity index (χ0v) is 12.6. The van der Waals surface area contributed by atoms with Crippen molar-refractivity contribution in [3.05, 3.63) is 51.7 Å². The highest BCUT2D eigenvalue weighted by Gasteiger charge is 2.10. The molecule has 1 amide bonds. The first-order chi connectivity index (χ1) is 9.66. The highest BCUT2D eigenvalue weighted by Crippen LogP contribution is 2.20. The fourth-order valence-electron chi connectivity index (χ4n) is 1.93. The first kappa shape index (κ1) is 14.6. The van der Waals surface area contributed by atoms with Crippen LogP contribution in [0, 0.1) is 13.8 Å². The number of para-hydroxylation sites is 1. The summed E-state index contributed by atoms with van der Waals surface area (Å²) in [6.07, 6.45) is 0.794. The zero-order valence-electron chi connectivity index (χ0n) is 11.8. The molecule has 0 radical (unpaired) electrons. The van der Waals surface area contributed by atoms with Crippen molar-refractivity contribution >= 4 is 17.2 Å². The topological polar surface area (TPSA) is 38.3 Å². The van der Waals surface area contributed by atoms with Gasteiger partial charge in [-0.25, -0.2) is 0 Å². The maximum atomic E-state index is 12.0. The van der Waals surface area contributed by atoms with Crippen LogP contribution in [0.4, 0.5) is 0 Å². The number of nitrogens with one attached hydrogen (secondary N) is 1. The van der Waals surface area contributed by atoms with E-state index in [1.165, 1.54) is 4.88 Å². The molecule has 1 aromatic heterocycles. The van der Waals surface area contributed by atoms with Crippen LogP contribution in [0.3, 0.4) is 0 Å². The van der Waals surface area contributed by atoms with Gasteiger partial charge in [0.2, 0.25) is 0 Å². The molecule has 0 bridgehead atoms. The lowest BCUT2D eigenvalue weighted by Crippen LogP contribution is -2.25. The van der Waals surface area contributed by atoms with E-state index in [1.807, 2.05) is 50.2 Å². The number of thiophene rings is 1. The third-order valence-electron chi connectivity index (χ3n) is 2.90. The predicted molar refractivity (Wildman–Crippen MR) is 82.7 cm³/mol. The number of ether oxygens (including phenoxy) is 1. The smallest absolute Gasteiger partial charge is 0.252 e. The van der Waals surface area contributed by atoms with Crippen molar-refractivity contribution in [2.24, 2.45) is 0 Å². The number of hydrogen-bond donors (Lipinski definition) is 1. The van der Waals surface area contributed by atoms with Gasteiger partial charge in [-0.3, -0.25) is 4.79 Å². The second kappa shape index (κ2) is 7.10. The van der Waals surface area contributed by atoms with Crippen LogP contribution >= 0.6 is 11.3 Å². The van der Waals surface area contributed by atoms with Gasteiger partial charge < -0.3 is 10.1 Å². The molecule has 2 rings (SSSR count). The van der Waals surface area contributed by atoms with E-state index in [0.29, 0.717) is 13.2 Å². The number of aryl methyl sites for hydroxylation is 2. The van der Waals surface area contributed by atoms with Crippen molar-refractivity contribution in [1.82, 2.24) is 5.32 Å². The van der Waals surface area contributed by atoms with Gasteiger partial charge in [-0.05, 0) is 38.5 Å². The molecule has 20 heavy (non-hydrogen) atoms. The van der Waals surface area contributed by atoms with Crippen LogP contribution in [-0.2, 0) is 0 Å². The summed E-state index contributed by atoms with van der Waals surface area (Å²) >= 11 is 1.65. The van der Waals surface area contributed by atoms with Gasteiger partial charge in [0.15, 0.2) is 0 Å². The minimum Gasteiger partial charge on any atom is -0.494 e. The van der Waals surface area contributed by atoms with Gasteiger partial charge in [-0.15, -0.1) is 11.3 Å². The second-order valence-electron chi connectivity index (χ2n) is 4.60. The molecule has 0 atom stereocenters. The molecule has 1 heterocycles. The van der Waals surface area contributed by atoms with E-state index in [-0.39, 0.29) is 5.91 Å². The summed E-state index contributed by atoms with van der Waals surface area (Å²) in [4.78, 5) is 14.2. The fraction of sp³-hybridized carbons (Fsp3) is 0.312. The van der Waals surface area contributed by atoms with Crippen molar-refractivity contribution in [2.75, 3.05) is 13.2 Å². The van der Waals surface area contributed by atoms with Gasteiger partial charge in [0.05, 0.1) is 12.2 Å². The van der Waals surface area contributed by atoms with Crippen molar-refractivity contribution in [3.63, 3.8) is 0 Å². The van der Waals surface area contributed by atoms with Gasteiger partial charge >= 0.3 is 0 Å². The van der Waals surface area contributed by atoms with Gasteiger partial charge in [-0.1, -0.05) is 18.2 Å². The summed E-state index contributed by atoms with van der Waals surface area (Å²) in [6, 6.07) is 11.6. The number of benzene rings is 1. The van der Waals surface area contributed by atoms with Crippen molar-refractivity contribution in [1.29, 1.82) is 0 Å². The van der Waals surface area contributed by atoms with Crippen LogP contribution < -0.4 is 10.1 Å².